The molecular formula is C18H27ClN4O3. The van der Waals surface area contributed by atoms with Crippen LogP contribution >= 0.6 is 11.6 Å². The summed E-state index contributed by atoms with van der Waals surface area (Å²) in [5, 5.41) is 3.23. The summed E-state index contributed by atoms with van der Waals surface area (Å²) in [5.74, 6) is -0.153. The molecular weight excluding hydrogens is 356 g/mol. The zero-order chi connectivity index (χ0) is 19.3. The van der Waals surface area contributed by atoms with Gasteiger partial charge in [0.1, 0.15) is 5.15 Å². The number of aromatic nitrogens is 1. The van der Waals surface area contributed by atoms with E-state index in [-0.39, 0.29) is 29.2 Å². The Morgan fingerprint density at radius 3 is 2.81 bits per heavy atom. The normalized spacial score (nSPS) is 16.8. The van der Waals surface area contributed by atoms with Crippen molar-refractivity contribution in [3.63, 3.8) is 0 Å². The molecule has 144 valence electrons. The second-order valence-electron chi connectivity index (χ2n) is 6.76. The molecule has 1 saturated heterocycles. The highest BCUT2D eigenvalue weighted by atomic mass is 35.5. The van der Waals surface area contributed by atoms with Crippen molar-refractivity contribution in [3.8, 4) is 0 Å². The molecule has 2 rings (SSSR count). The van der Waals surface area contributed by atoms with Crippen LogP contribution in [0.5, 0.6) is 0 Å². The molecule has 2 heterocycles. The van der Waals surface area contributed by atoms with Crippen molar-refractivity contribution in [2.45, 2.75) is 39.3 Å². The molecule has 26 heavy (non-hydrogen) atoms. The molecule has 1 aliphatic heterocycles. The van der Waals surface area contributed by atoms with E-state index < -0.39 is 0 Å². The third-order valence-corrected chi connectivity index (χ3v) is 4.73. The van der Waals surface area contributed by atoms with E-state index in [0.717, 1.165) is 5.69 Å². The summed E-state index contributed by atoms with van der Waals surface area (Å²) in [7, 11) is 1.61. The number of carbonyl (C=O) groups excluding carboxylic acids is 2. The highest BCUT2D eigenvalue weighted by molar-refractivity contribution is 6.32. The minimum atomic E-state index is -0.153. The third-order valence-electron chi connectivity index (χ3n) is 4.44. The number of methoxy groups -OCH3 is 1. The molecule has 1 aromatic heterocycles. The predicted molar refractivity (Wildman–Crippen MR) is 101 cm³/mol. The van der Waals surface area contributed by atoms with Crippen LogP contribution in [0.15, 0.2) is 12.1 Å². The molecule has 1 N–H and O–H groups in total. The Hall–Kier alpha value is -1.86. The molecule has 1 fully saturated rings. The Kier molecular flexibility index (Phi) is 7.23. The Morgan fingerprint density at radius 1 is 1.46 bits per heavy atom. The van der Waals surface area contributed by atoms with E-state index in [4.69, 9.17) is 16.3 Å². The third kappa shape index (κ3) is 5.08. The van der Waals surface area contributed by atoms with Crippen LogP contribution in [0.1, 0.15) is 36.3 Å². The topological polar surface area (TPSA) is 74.8 Å². The monoisotopic (exact) mass is 382 g/mol. The zero-order valence-corrected chi connectivity index (χ0v) is 16.5. The number of hydrogen-bond acceptors (Lipinski definition) is 4. The van der Waals surface area contributed by atoms with Gasteiger partial charge in [-0.15, -0.1) is 0 Å². The van der Waals surface area contributed by atoms with Gasteiger partial charge in [-0.2, -0.15) is 0 Å². The van der Waals surface area contributed by atoms with Gasteiger partial charge in [0.05, 0.1) is 12.2 Å². The van der Waals surface area contributed by atoms with Crippen molar-refractivity contribution in [1.29, 1.82) is 0 Å². The summed E-state index contributed by atoms with van der Waals surface area (Å²) in [6.45, 7) is 7.81. The lowest BCUT2D eigenvalue weighted by Gasteiger charge is -2.28. The van der Waals surface area contributed by atoms with Crippen molar-refractivity contribution in [2.24, 2.45) is 0 Å². The molecule has 0 unspecified atom stereocenters. The lowest BCUT2D eigenvalue weighted by molar-refractivity contribution is 0.0788. The maximum absolute atomic E-state index is 12.7. The number of halogens is 1. The predicted octanol–water partition coefficient (Wildman–Crippen LogP) is 2.32. The SMILES string of the molecule is COCCN(C(=O)N[C@@H]1CCN(C(=O)c2ccc(C)nc2Cl)C1)C(C)C. The van der Waals surface area contributed by atoms with Gasteiger partial charge in [-0.25, -0.2) is 9.78 Å². The zero-order valence-electron chi connectivity index (χ0n) is 15.8. The Morgan fingerprint density at radius 2 is 2.19 bits per heavy atom. The molecule has 0 aromatic carbocycles. The first kappa shape index (κ1) is 20.5. The fraction of sp³-hybridized carbons (Fsp3) is 0.611. The van der Waals surface area contributed by atoms with Crippen LogP contribution in [0.25, 0.3) is 0 Å². The van der Waals surface area contributed by atoms with Crippen molar-refractivity contribution < 1.29 is 14.3 Å². The number of pyridine rings is 1. The van der Waals surface area contributed by atoms with Crippen LogP contribution in [0, 0.1) is 6.92 Å². The van der Waals surface area contributed by atoms with E-state index in [1.807, 2.05) is 20.8 Å². The standard InChI is InChI=1S/C18H27ClN4O3/c1-12(2)23(9-10-26-4)18(25)21-14-7-8-22(11-14)17(24)15-6-5-13(3)20-16(15)19/h5-6,12,14H,7-11H2,1-4H3,(H,21,25)/t14-/m1/s1. The lowest BCUT2D eigenvalue weighted by Crippen LogP contribution is -2.49. The minimum Gasteiger partial charge on any atom is -0.383 e. The van der Waals surface area contributed by atoms with Gasteiger partial charge >= 0.3 is 6.03 Å². The van der Waals surface area contributed by atoms with Crippen LogP contribution in [0.3, 0.4) is 0 Å². The highest BCUT2D eigenvalue weighted by Gasteiger charge is 2.30. The summed E-state index contributed by atoms with van der Waals surface area (Å²) in [5.41, 5.74) is 1.16. The van der Waals surface area contributed by atoms with Crippen LogP contribution in [-0.2, 0) is 4.74 Å². The van der Waals surface area contributed by atoms with E-state index in [0.29, 0.717) is 38.2 Å². The van der Waals surface area contributed by atoms with Crippen molar-refractivity contribution >= 4 is 23.5 Å². The first-order valence-electron chi connectivity index (χ1n) is 8.82. The molecule has 0 bridgehead atoms. The molecule has 3 amide bonds. The van der Waals surface area contributed by atoms with E-state index in [1.54, 1.807) is 29.0 Å². The average molecular weight is 383 g/mol. The number of nitrogens with one attached hydrogen (secondary N) is 1. The number of amides is 3. The molecule has 0 spiro atoms. The first-order chi connectivity index (χ1) is 12.3. The number of carbonyl (C=O) groups is 2. The van der Waals surface area contributed by atoms with Crippen LogP contribution in [0.2, 0.25) is 5.15 Å². The number of hydrogen-bond donors (Lipinski definition) is 1. The molecule has 1 aliphatic rings. The number of urea groups is 1. The molecule has 0 radical (unpaired) electrons. The second-order valence-corrected chi connectivity index (χ2v) is 7.12. The number of aryl methyl sites for hydroxylation is 1. The largest absolute Gasteiger partial charge is 0.383 e. The number of nitrogens with zero attached hydrogens (tertiary/aromatic N) is 3. The van der Waals surface area contributed by atoms with E-state index in [2.05, 4.69) is 10.3 Å². The fourth-order valence-electron chi connectivity index (χ4n) is 2.96. The van der Waals surface area contributed by atoms with Gasteiger partial charge in [-0.1, -0.05) is 11.6 Å². The molecule has 0 aliphatic carbocycles. The lowest BCUT2D eigenvalue weighted by atomic mass is 10.2. The first-order valence-corrected chi connectivity index (χ1v) is 9.19. The maximum atomic E-state index is 12.7. The number of likely N-dealkylation sites (tertiary alicyclic amines) is 1. The van der Waals surface area contributed by atoms with E-state index >= 15 is 0 Å². The molecule has 7 nitrogen and oxygen atoms in total. The van der Waals surface area contributed by atoms with Crippen LogP contribution in [-0.4, -0.2) is 72.2 Å². The quantitative estimate of drug-likeness (QED) is 0.766. The molecule has 0 saturated carbocycles. The summed E-state index contributed by atoms with van der Waals surface area (Å²) >= 11 is 6.10. The van der Waals surface area contributed by atoms with Crippen molar-refractivity contribution in [1.82, 2.24) is 20.1 Å². The average Bonchev–Trinajstić information content (AvgIpc) is 3.02. The Bertz CT molecular complexity index is 653. The van der Waals surface area contributed by atoms with Crippen molar-refractivity contribution in [3.05, 3.63) is 28.5 Å². The summed E-state index contributed by atoms with van der Waals surface area (Å²) in [6.07, 6.45) is 0.713. The molecule has 8 heteroatoms. The van der Waals surface area contributed by atoms with E-state index in [1.165, 1.54) is 0 Å². The summed E-state index contributed by atoms with van der Waals surface area (Å²) in [6, 6.07) is 3.33. The van der Waals surface area contributed by atoms with Gasteiger partial charge in [0.25, 0.3) is 5.91 Å². The van der Waals surface area contributed by atoms with Gasteiger partial charge in [0.2, 0.25) is 0 Å². The van der Waals surface area contributed by atoms with Crippen molar-refractivity contribution in [2.75, 3.05) is 33.4 Å². The Labute approximate surface area is 159 Å². The van der Waals surface area contributed by atoms with E-state index in [9.17, 15) is 9.59 Å². The number of rotatable bonds is 6. The highest BCUT2D eigenvalue weighted by Crippen LogP contribution is 2.19. The smallest absolute Gasteiger partial charge is 0.317 e. The van der Waals surface area contributed by atoms with Gasteiger partial charge in [0.15, 0.2) is 0 Å². The summed E-state index contributed by atoms with van der Waals surface area (Å²) in [4.78, 5) is 32.7. The molecule has 1 aromatic rings. The Balaban J connectivity index is 1.95. The summed E-state index contributed by atoms with van der Waals surface area (Å²) < 4.78 is 5.07. The van der Waals surface area contributed by atoms with Gasteiger partial charge in [0, 0.05) is 44.5 Å². The second kappa shape index (κ2) is 9.19. The van der Waals surface area contributed by atoms with Crippen LogP contribution in [0.4, 0.5) is 4.79 Å². The van der Waals surface area contributed by atoms with Gasteiger partial charge in [-0.3, -0.25) is 4.79 Å². The maximum Gasteiger partial charge on any atom is 0.317 e. The van der Waals surface area contributed by atoms with Gasteiger partial charge < -0.3 is 19.9 Å². The van der Waals surface area contributed by atoms with Crippen LogP contribution < -0.4 is 5.32 Å². The minimum absolute atomic E-state index is 0.0710. The van der Waals surface area contributed by atoms with Gasteiger partial charge in [-0.05, 0) is 39.3 Å². The fourth-order valence-corrected chi connectivity index (χ4v) is 3.24. The number of ether oxygens (including phenoxy) is 1. The molecule has 1 atom stereocenters.